The minimum absolute atomic E-state index is 0.000694. The van der Waals surface area contributed by atoms with Gasteiger partial charge in [0.15, 0.2) is 11.6 Å². The van der Waals surface area contributed by atoms with Crippen LogP contribution in [-0.2, 0) is 0 Å². The standard InChI is InChI=1S/C13H9BF2N2O3/c1-6-2-7(9(5-17)13(19)18-6)8-3-11(15)12(16)4-10(8)14(20)21/h2-4,20-21H,1H3,(H,18,19). The number of pyridine rings is 1. The Labute approximate surface area is 118 Å². The Morgan fingerprint density at radius 2 is 1.81 bits per heavy atom. The second kappa shape index (κ2) is 5.48. The number of nitrogens with zero attached hydrogens (tertiary/aromatic N) is 1. The first-order valence-corrected chi connectivity index (χ1v) is 5.84. The largest absolute Gasteiger partial charge is 0.489 e. The Bertz CT molecular complexity index is 812. The SMILES string of the molecule is Cc1cc(-c2cc(F)c(F)cc2B(O)O)c(C#N)c(=O)[nH]1. The van der Waals surface area contributed by atoms with E-state index in [0.717, 1.165) is 6.07 Å². The molecule has 2 aromatic rings. The van der Waals surface area contributed by atoms with Gasteiger partial charge in [0.05, 0.1) is 0 Å². The fraction of sp³-hybridized carbons (Fsp3) is 0.0769. The highest BCUT2D eigenvalue weighted by molar-refractivity contribution is 6.60. The van der Waals surface area contributed by atoms with Gasteiger partial charge in [-0.3, -0.25) is 4.79 Å². The lowest BCUT2D eigenvalue weighted by molar-refractivity contribution is 0.425. The predicted molar refractivity (Wildman–Crippen MR) is 71.7 cm³/mol. The van der Waals surface area contributed by atoms with E-state index in [1.54, 1.807) is 13.0 Å². The van der Waals surface area contributed by atoms with Crippen molar-refractivity contribution >= 4 is 12.6 Å². The van der Waals surface area contributed by atoms with Crippen molar-refractivity contribution in [2.24, 2.45) is 0 Å². The van der Waals surface area contributed by atoms with Crippen molar-refractivity contribution in [3.05, 3.63) is 51.4 Å². The summed E-state index contributed by atoms with van der Waals surface area (Å²) >= 11 is 0. The third-order valence-corrected chi connectivity index (χ3v) is 2.94. The van der Waals surface area contributed by atoms with Crippen molar-refractivity contribution in [3.63, 3.8) is 0 Å². The van der Waals surface area contributed by atoms with Crippen LogP contribution in [0.2, 0.25) is 0 Å². The van der Waals surface area contributed by atoms with Gasteiger partial charge in [0, 0.05) is 11.3 Å². The van der Waals surface area contributed by atoms with Crippen LogP contribution in [0.1, 0.15) is 11.3 Å². The number of aromatic nitrogens is 1. The van der Waals surface area contributed by atoms with Crippen molar-refractivity contribution < 1.29 is 18.8 Å². The topological polar surface area (TPSA) is 97.1 Å². The minimum Gasteiger partial charge on any atom is -0.423 e. The third kappa shape index (κ3) is 2.70. The summed E-state index contributed by atoms with van der Waals surface area (Å²) in [7, 11) is -2.08. The van der Waals surface area contributed by atoms with Gasteiger partial charge in [-0.25, -0.2) is 8.78 Å². The van der Waals surface area contributed by atoms with Gasteiger partial charge in [-0.2, -0.15) is 5.26 Å². The summed E-state index contributed by atoms with van der Waals surface area (Å²) in [5.41, 5.74) is -1.10. The highest BCUT2D eigenvalue weighted by Crippen LogP contribution is 2.22. The molecule has 0 fully saturated rings. The average Bonchev–Trinajstić information content (AvgIpc) is 2.40. The molecule has 1 aromatic heterocycles. The number of rotatable bonds is 2. The third-order valence-electron chi connectivity index (χ3n) is 2.94. The van der Waals surface area contributed by atoms with Crippen molar-refractivity contribution in [1.82, 2.24) is 4.98 Å². The molecule has 1 aromatic carbocycles. The van der Waals surface area contributed by atoms with Crippen molar-refractivity contribution in [2.45, 2.75) is 6.92 Å². The van der Waals surface area contributed by atoms with E-state index >= 15 is 0 Å². The van der Waals surface area contributed by atoms with Crippen LogP contribution in [0.15, 0.2) is 23.0 Å². The van der Waals surface area contributed by atoms with Gasteiger partial charge >= 0.3 is 7.12 Å². The number of halogens is 2. The molecule has 0 radical (unpaired) electrons. The molecule has 21 heavy (non-hydrogen) atoms. The van der Waals surface area contributed by atoms with E-state index in [0.29, 0.717) is 11.8 Å². The van der Waals surface area contributed by atoms with Crippen LogP contribution in [0.25, 0.3) is 11.1 Å². The second-order valence-corrected chi connectivity index (χ2v) is 4.41. The van der Waals surface area contributed by atoms with E-state index in [2.05, 4.69) is 4.98 Å². The lowest BCUT2D eigenvalue weighted by Gasteiger charge is -2.12. The van der Waals surface area contributed by atoms with Gasteiger partial charge in [-0.05, 0) is 36.1 Å². The van der Waals surface area contributed by atoms with Gasteiger partial charge in [0.25, 0.3) is 5.56 Å². The fourth-order valence-corrected chi connectivity index (χ4v) is 2.02. The zero-order valence-electron chi connectivity index (χ0n) is 10.8. The lowest BCUT2D eigenvalue weighted by atomic mass is 9.75. The summed E-state index contributed by atoms with van der Waals surface area (Å²) in [4.78, 5) is 14.1. The first-order valence-electron chi connectivity index (χ1n) is 5.84. The number of nitrogens with one attached hydrogen (secondary N) is 1. The smallest absolute Gasteiger partial charge is 0.423 e. The molecule has 0 aliphatic rings. The summed E-state index contributed by atoms with van der Waals surface area (Å²) in [6.45, 7) is 1.54. The van der Waals surface area contributed by atoms with Crippen molar-refractivity contribution in [2.75, 3.05) is 0 Å². The molecule has 106 valence electrons. The monoisotopic (exact) mass is 290 g/mol. The normalized spacial score (nSPS) is 10.3. The van der Waals surface area contributed by atoms with Crippen LogP contribution in [-0.4, -0.2) is 22.2 Å². The molecule has 0 aliphatic heterocycles. The molecular formula is C13H9BF2N2O3. The summed E-state index contributed by atoms with van der Waals surface area (Å²) in [5.74, 6) is -2.49. The fourth-order valence-electron chi connectivity index (χ4n) is 2.02. The molecule has 1 heterocycles. The molecule has 0 unspecified atom stereocenters. The van der Waals surface area contributed by atoms with Crippen LogP contribution in [0, 0.1) is 29.9 Å². The van der Waals surface area contributed by atoms with Crippen LogP contribution < -0.4 is 11.0 Å². The predicted octanol–water partition coefficient (Wildman–Crippen LogP) is 0.180. The summed E-state index contributed by atoms with van der Waals surface area (Å²) in [5, 5.41) is 27.6. The summed E-state index contributed by atoms with van der Waals surface area (Å²) in [6.07, 6.45) is 0. The van der Waals surface area contributed by atoms with Gasteiger partial charge in [-0.15, -0.1) is 0 Å². The molecule has 0 saturated heterocycles. The quantitative estimate of drug-likeness (QED) is 0.687. The van der Waals surface area contributed by atoms with E-state index in [-0.39, 0.29) is 22.2 Å². The molecule has 5 nitrogen and oxygen atoms in total. The number of hydrogen-bond donors (Lipinski definition) is 3. The first kappa shape index (κ1) is 14.9. The van der Waals surface area contributed by atoms with Crippen LogP contribution >= 0.6 is 0 Å². The van der Waals surface area contributed by atoms with E-state index in [1.165, 1.54) is 6.07 Å². The molecule has 0 spiro atoms. The molecular weight excluding hydrogens is 281 g/mol. The molecule has 0 saturated carbocycles. The average molecular weight is 290 g/mol. The maximum atomic E-state index is 13.4. The maximum absolute atomic E-state index is 13.4. The number of aryl methyl sites for hydroxylation is 1. The van der Waals surface area contributed by atoms with E-state index < -0.39 is 24.3 Å². The van der Waals surface area contributed by atoms with E-state index in [1.807, 2.05) is 0 Å². The number of H-pyrrole nitrogens is 1. The Morgan fingerprint density at radius 3 is 2.38 bits per heavy atom. The minimum atomic E-state index is -2.08. The number of hydrogen-bond acceptors (Lipinski definition) is 4. The van der Waals surface area contributed by atoms with Gasteiger partial charge in [-0.1, -0.05) is 0 Å². The molecule has 2 rings (SSSR count). The van der Waals surface area contributed by atoms with Gasteiger partial charge < -0.3 is 15.0 Å². The lowest BCUT2D eigenvalue weighted by Crippen LogP contribution is -2.33. The molecule has 0 aliphatic carbocycles. The van der Waals surface area contributed by atoms with Crippen LogP contribution in [0.4, 0.5) is 8.78 Å². The zero-order chi connectivity index (χ0) is 15.7. The molecule has 0 atom stereocenters. The highest BCUT2D eigenvalue weighted by atomic mass is 19.2. The van der Waals surface area contributed by atoms with Crippen molar-refractivity contribution in [3.8, 4) is 17.2 Å². The Hall–Kier alpha value is -2.50. The Kier molecular flexibility index (Phi) is 3.89. The Morgan fingerprint density at radius 1 is 1.19 bits per heavy atom. The number of nitriles is 1. The van der Waals surface area contributed by atoms with E-state index in [9.17, 15) is 23.6 Å². The van der Waals surface area contributed by atoms with Gasteiger partial charge in [0.1, 0.15) is 11.6 Å². The maximum Gasteiger partial charge on any atom is 0.489 e. The molecule has 8 heteroatoms. The second-order valence-electron chi connectivity index (χ2n) is 4.41. The summed E-state index contributed by atoms with van der Waals surface area (Å²) < 4.78 is 26.7. The molecule has 0 amide bonds. The van der Waals surface area contributed by atoms with Crippen LogP contribution in [0.5, 0.6) is 0 Å². The first-order chi connectivity index (χ1) is 9.85. The van der Waals surface area contributed by atoms with Crippen LogP contribution in [0.3, 0.4) is 0 Å². The number of benzene rings is 1. The van der Waals surface area contributed by atoms with Crippen molar-refractivity contribution in [1.29, 1.82) is 5.26 Å². The molecule has 0 bridgehead atoms. The highest BCUT2D eigenvalue weighted by Gasteiger charge is 2.23. The molecule has 3 N–H and O–H groups in total. The zero-order valence-corrected chi connectivity index (χ0v) is 10.8. The van der Waals surface area contributed by atoms with Gasteiger partial charge in [0.2, 0.25) is 0 Å². The number of aromatic amines is 1. The summed E-state index contributed by atoms with van der Waals surface area (Å²) in [6, 6.07) is 4.38. The Balaban J connectivity index is 2.88. The van der Waals surface area contributed by atoms with E-state index in [4.69, 9.17) is 5.26 Å².